The standard InChI is InChI=1S/C13H21N3/c1-16(13-4-9-15-10-5-13)11-6-12-2-7-14-8-3-12/h4-5,9-10,12,14H,2-3,6-8,11H2,1H3. The molecule has 0 radical (unpaired) electrons. The first-order valence-corrected chi connectivity index (χ1v) is 6.18. The largest absolute Gasteiger partial charge is 0.374 e. The van der Waals surface area contributed by atoms with Crippen LogP contribution < -0.4 is 10.2 Å². The molecular formula is C13H21N3. The van der Waals surface area contributed by atoms with Crippen LogP contribution in [0.15, 0.2) is 24.5 Å². The van der Waals surface area contributed by atoms with E-state index in [1.807, 2.05) is 12.4 Å². The summed E-state index contributed by atoms with van der Waals surface area (Å²) < 4.78 is 0. The van der Waals surface area contributed by atoms with Gasteiger partial charge in [0.15, 0.2) is 0 Å². The lowest BCUT2D eigenvalue weighted by Gasteiger charge is -2.26. The quantitative estimate of drug-likeness (QED) is 0.838. The molecule has 1 N–H and O–H groups in total. The Balaban J connectivity index is 1.77. The van der Waals surface area contributed by atoms with Crippen molar-refractivity contribution in [2.75, 3.05) is 31.6 Å². The molecule has 1 aromatic heterocycles. The minimum Gasteiger partial charge on any atom is -0.374 e. The van der Waals surface area contributed by atoms with Crippen molar-refractivity contribution in [1.82, 2.24) is 10.3 Å². The Hall–Kier alpha value is -1.09. The fourth-order valence-corrected chi connectivity index (χ4v) is 2.27. The van der Waals surface area contributed by atoms with Crippen LogP contribution in [-0.2, 0) is 0 Å². The summed E-state index contributed by atoms with van der Waals surface area (Å²) in [6.07, 6.45) is 7.70. The first kappa shape index (κ1) is 11.4. The Labute approximate surface area is 97.9 Å². The van der Waals surface area contributed by atoms with Crippen LogP contribution in [0.25, 0.3) is 0 Å². The lowest BCUT2D eigenvalue weighted by molar-refractivity contribution is 0.356. The Morgan fingerprint density at radius 3 is 2.69 bits per heavy atom. The van der Waals surface area contributed by atoms with Crippen LogP contribution >= 0.6 is 0 Å². The molecule has 1 aliphatic heterocycles. The third-order valence-corrected chi connectivity index (χ3v) is 3.43. The number of hydrogen-bond donors (Lipinski definition) is 1. The summed E-state index contributed by atoms with van der Waals surface area (Å²) in [4.78, 5) is 6.37. The van der Waals surface area contributed by atoms with E-state index in [4.69, 9.17) is 0 Å². The maximum absolute atomic E-state index is 4.04. The van der Waals surface area contributed by atoms with Crippen molar-refractivity contribution < 1.29 is 0 Å². The Morgan fingerprint density at radius 1 is 1.31 bits per heavy atom. The minimum atomic E-state index is 0.908. The second-order valence-corrected chi connectivity index (χ2v) is 4.61. The van der Waals surface area contributed by atoms with Crippen LogP contribution in [-0.4, -0.2) is 31.7 Å². The summed E-state index contributed by atoms with van der Waals surface area (Å²) in [5.41, 5.74) is 1.27. The molecule has 3 heteroatoms. The Bertz CT molecular complexity index is 293. The molecule has 2 heterocycles. The highest BCUT2D eigenvalue weighted by atomic mass is 15.1. The van der Waals surface area contributed by atoms with Crippen molar-refractivity contribution in [3.8, 4) is 0 Å². The number of nitrogens with zero attached hydrogens (tertiary/aromatic N) is 2. The summed E-state index contributed by atoms with van der Waals surface area (Å²) in [5.74, 6) is 0.908. The van der Waals surface area contributed by atoms with Gasteiger partial charge in [-0.05, 0) is 50.4 Å². The van der Waals surface area contributed by atoms with Gasteiger partial charge in [0, 0.05) is 31.7 Å². The van der Waals surface area contributed by atoms with Crippen molar-refractivity contribution in [2.24, 2.45) is 5.92 Å². The number of piperidine rings is 1. The second kappa shape index (κ2) is 5.85. The van der Waals surface area contributed by atoms with Crippen LogP contribution in [0.5, 0.6) is 0 Å². The average molecular weight is 219 g/mol. The molecule has 16 heavy (non-hydrogen) atoms. The van der Waals surface area contributed by atoms with Crippen molar-refractivity contribution in [3.05, 3.63) is 24.5 Å². The van der Waals surface area contributed by atoms with Gasteiger partial charge in [0.05, 0.1) is 0 Å². The van der Waals surface area contributed by atoms with Gasteiger partial charge in [-0.2, -0.15) is 0 Å². The van der Waals surface area contributed by atoms with Gasteiger partial charge in [0.2, 0.25) is 0 Å². The zero-order valence-corrected chi connectivity index (χ0v) is 10.0. The van der Waals surface area contributed by atoms with E-state index in [1.54, 1.807) is 0 Å². The van der Waals surface area contributed by atoms with Gasteiger partial charge in [0.25, 0.3) is 0 Å². The topological polar surface area (TPSA) is 28.2 Å². The molecule has 1 fully saturated rings. The number of rotatable bonds is 4. The van der Waals surface area contributed by atoms with E-state index in [2.05, 4.69) is 34.4 Å². The zero-order valence-electron chi connectivity index (χ0n) is 10.0. The SMILES string of the molecule is CN(CCC1CCNCC1)c1ccncc1. The summed E-state index contributed by atoms with van der Waals surface area (Å²) in [6.45, 7) is 3.54. The van der Waals surface area contributed by atoms with E-state index in [-0.39, 0.29) is 0 Å². The normalized spacial score (nSPS) is 17.3. The van der Waals surface area contributed by atoms with Gasteiger partial charge in [-0.15, -0.1) is 0 Å². The van der Waals surface area contributed by atoms with E-state index < -0.39 is 0 Å². The van der Waals surface area contributed by atoms with Crippen molar-refractivity contribution >= 4 is 5.69 Å². The lowest BCUT2D eigenvalue weighted by Crippen LogP contribution is -2.30. The maximum Gasteiger partial charge on any atom is 0.0394 e. The van der Waals surface area contributed by atoms with Gasteiger partial charge in [-0.1, -0.05) is 0 Å². The van der Waals surface area contributed by atoms with Crippen molar-refractivity contribution in [3.63, 3.8) is 0 Å². The molecular weight excluding hydrogens is 198 g/mol. The number of anilines is 1. The van der Waals surface area contributed by atoms with Crippen LogP contribution in [0.4, 0.5) is 5.69 Å². The number of hydrogen-bond acceptors (Lipinski definition) is 3. The fourth-order valence-electron chi connectivity index (χ4n) is 2.27. The highest BCUT2D eigenvalue weighted by Gasteiger charge is 2.13. The molecule has 0 aliphatic carbocycles. The van der Waals surface area contributed by atoms with Crippen LogP contribution in [0.1, 0.15) is 19.3 Å². The fraction of sp³-hybridized carbons (Fsp3) is 0.615. The molecule has 2 rings (SSSR count). The van der Waals surface area contributed by atoms with Crippen molar-refractivity contribution in [2.45, 2.75) is 19.3 Å². The molecule has 0 amide bonds. The zero-order chi connectivity index (χ0) is 11.2. The number of pyridine rings is 1. The number of aromatic nitrogens is 1. The van der Waals surface area contributed by atoms with Gasteiger partial charge >= 0.3 is 0 Å². The Kier molecular flexibility index (Phi) is 4.17. The van der Waals surface area contributed by atoms with Gasteiger partial charge in [0.1, 0.15) is 0 Å². The van der Waals surface area contributed by atoms with E-state index in [0.717, 1.165) is 12.5 Å². The van der Waals surface area contributed by atoms with Gasteiger partial charge in [-0.25, -0.2) is 0 Å². The second-order valence-electron chi connectivity index (χ2n) is 4.61. The molecule has 3 nitrogen and oxygen atoms in total. The first-order chi connectivity index (χ1) is 7.86. The molecule has 0 atom stereocenters. The average Bonchev–Trinajstić information content (AvgIpc) is 2.38. The predicted molar refractivity (Wildman–Crippen MR) is 67.7 cm³/mol. The molecule has 0 aromatic carbocycles. The van der Waals surface area contributed by atoms with Crippen LogP contribution in [0.2, 0.25) is 0 Å². The third-order valence-electron chi connectivity index (χ3n) is 3.43. The maximum atomic E-state index is 4.04. The van der Waals surface area contributed by atoms with Gasteiger partial charge < -0.3 is 10.2 Å². The predicted octanol–water partition coefficient (Wildman–Crippen LogP) is 1.91. The third kappa shape index (κ3) is 3.20. The van der Waals surface area contributed by atoms with E-state index in [9.17, 15) is 0 Å². The highest BCUT2D eigenvalue weighted by Crippen LogP contribution is 2.18. The molecule has 1 aliphatic rings. The minimum absolute atomic E-state index is 0.908. The Morgan fingerprint density at radius 2 is 2.00 bits per heavy atom. The first-order valence-electron chi connectivity index (χ1n) is 6.18. The van der Waals surface area contributed by atoms with Crippen LogP contribution in [0.3, 0.4) is 0 Å². The monoisotopic (exact) mass is 219 g/mol. The summed E-state index contributed by atoms with van der Waals surface area (Å²) in [7, 11) is 2.16. The van der Waals surface area contributed by atoms with E-state index >= 15 is 0 Å². The molecule has 0 bridgehead atoms. The summed E-state index contributed by atoms with van der Waals surface area (Å²) >= 11 is 0. The van der Waals surface area contributed by atoms with Crippen LogP contribution in [0, 0.1) is 5.92 Å². The molecule has 0 spiro atoms. The molecule has 0 saturated carbocycles. The number of nitrogens with one attached hydrogen (secondary N) is 1. The van der Waals surface area contributed by atoms with Gasteiger partial charge in [-0.3, -0.25) is 4.98 Å². The highest BCUT2D eigenvalue weighted by molar-refractivity contribution is 5.43. The van der Waals surface area contributed by atoms with E-state index in [1.165, 1.54) is 38.0 Å². The molecule has 1 saturated heterocycles. The summed E-state index contributed by atoms with van der Waals surface area (Å²) in [5, 5.41) is 3.41. The smallest absolute Gasteiger partial charge is 0.0394 e. The summed E-state index contributed by atoms with van der Waals surface area (Å²) in [6, 6.07) is 4.14. The van der Waals surface area contributed by atoms with Crippen molar-refractivity contribution in [1.29, 1.82) is 0 Å². The van der Waals surface area contributed by atoms with E-state index in [0.29, 0.717) is 0 Å². The molecule has 1 aromatic rings. The molecule has 88 valence electrons. The lowest BCUT2D eigenvalue weighted by atomic mass is 9.94. The molecule has 0 unspecified atom stereocenters.